The molecule has 0 saturated heterocycles. The first kappa shape index (κ1) is 53.9. The zero-order valence-electron chi connectivity index (χ0n) is 51.5. The summed E-state index contributed by atoms with van der Waals surface area (Å²) >= 11 is 0. The van der Waals surface area contributed by atoms with E-state index in [1.54, 1.807) is 0 Å². The van der Waals surface area contributed by atoms with Crippen LogP contribution in [0.3, 0.4) is 0 Å². The Balaban J connectivity index is 0.000000135. The maximum atomic E-state index is 5.14. The Labute approximate surface area is 546 Å². The predicted octanol–water partition coefficient (Wildman–Crippen LogP) is 22.6. The first-order valence-electron chi connectivity index (χ1n) is 32.4. The van der Waals surface area contributed by atoms with Gasteiger partial charge in [0.1, 0.15) is 5.82 Å². The van der Waals surface area contributed by atoms with Gasteiger partial charge in [0.2, 0.25) is 0 Å². The van der Waals surface area contributed by atoms with Crippen molar-refractivity contribution in [1.82, 2.24) is 32.8 Å². The molecule has 0 aliphatic carbocycles. The number of nitrogens with zero attached hydrogens (tertiary/aromatic N) is 7. The van der Waals surface area contributed by atoms with Crippen molar-refractivity contribution < 1.29 is 0 Å². The summed E-state index contributed by atoms with van der Waals surface area (Å²) in [6.45, 7) is 0. The molecule has 0 atom stereocenters. The van der Waals surface area contributed by atoms with E-state index >= 15 is 0 Å². The van der Waals surface area contributed by atoms with Crippen molar-refractivity contribution in [3.8, 4) is 62.2 Å². The molecule has 7 nitrogen and oxygen atoms in total. The second-order valence-corrected chi connectivity index (χ2v) is 24.5. The highest BCUT2D eigenvalue weighted by atomic mass is 15.1. The maximum Gasteiger partial charge on any atom is 0.137 e. The molecule has 7 heterocycles. The molecular formula is C88H57N7. The molecule has 0 saturated carbocycles. The van der Waals surface area contributed by atoms with Crippen LogP contribution in [-0.4, -0.2) is 32.8 Å². The van der Waals surface area contributed by atoms with Gasteiger partial charge in [-0.25, -0.2) is 9.97 Å². The Kier molecular flexibility index (Phi) is 12.5. The molecule has 0 unspecified atom stereocenters. The Morgan fingerprint density at radius 2 is 0.453 bits per heavy atom. The summed E-state index contributed by atoms with van der Waals surface area (Å²) in [6, 6.07) is 122. The van der Waals surface area contributed by atoms with E-state index in [0.717, 1.165) is 67.6 Å². The van der Waals surface area contributed by atoms with Gasteiger partial charge < -0.3 is 18.3 Å². The Bertz CT molecular complexity index is 6240. The van der Waals surface area contributed by atoms with Crippen LogP contribution in [0.25, 0.3) is 171 Å². The van der Waals surface area contributed by atoms with E-state index in [4.69, 9.17) is 9.97 Å². The molecule has 0 aliphatic heterocycles. The van der Waals surface area contributed by atoms with Gasteiger partial charge in [-0.05, 0) is 139 Å². The molecule has 0 amide bonds. The third kappa shape index (κ3) is 8.74. The topological polar surface area (TPSA) is 50.4 Å². The van der Waals surface area contributed by atoms with Crippen LogP contribution in [-0.2, 0) is 0 Å². The van der Waals surface area contributed by atoms with Gasteiger partial charge >= 0.3 is 0 Å². The van der Waals surface area contributed by atoms with Crippen molar-refractivity contribution in [2.24, 2.45) is 0 Å². The predicted molar refractivity (Wildman–Crippen MR) is 396 cm³/mol. The van der Waals surface area contributed by atoms with Gasteiger partial charge in [0, 0.05) is 99.5 Å². The summed E-state index contributed by atoms with van der Waals surface area (Å²) < 4.78 is 11.9. The monoisotopic (exact) mass is 1210 g/mol. The Morgan fingerprint density at radius 1 is 0.179 bits per heavy atom. The van der Waals surface area contributed by atoms with Crippen LogP contribution in [0, 0.1) is 0 Å². The van der Waals surface area contributed by atoms with E-state index in [1.807, 2.05) is 18.3 Å². The molecule has 13 aromatic carbocycles. The molecule has 0 bridgehead atoms. The lowest BCUT2D eigenvalue weighted by molar-refractivity contribution is 1.08. The Hall–Kier alpha value is -12.8. The molecule has 7 aromatic heterocycles. The quantitative estimate of drug-likeness (QED) is 0.152. The van der Waals surface area contributed by atoms with E-state index in [0.29, 0.717) is 0 Å². The minimum Gasteiger partial charge on any atom is -0.309 e. The van der Waals surface area contributed by atoms with E-state index in [1.165, 1.54) is 104 Å². The third-order valence-electron chi connectivity index (χ3n) is 19.2. The summed E-state index contributed by atoms with van der Waals surface area (Å²) in [5, 5.41) is 12.4. The molecule has 20 rings (SSSR count). The summed E-state index contributed by atoms with van der Waals surface area (Å²) in [6.07, 6.45) is 1.99. The van der Waals surface area contributed by atoms with E-state index in [-0.39, 0.29) is 0 Å². The maximum absolute atomic E-state index is 5.14. The van der Waals surface area contributed by atoms with Gasteiger partial charge in [-0.3, -0.25) is 4.57 Å². The fourth-order valence-electron chi connectivity index (χ4n) is 14.9. The molecular weight excluding hydrogens is 1160 g/mol. The lowest BCUT2D eigenvalue weighted by atomic mass is 10.0. The number of fused-ring (bicyclic) bond motifs is 15. The molecule has 444 valence electrons. The van der Waals surface area contributed by atoms with Gasteiger partial charge in [0.25, 0.3) is 0 Å². The second-order valence-electron chi connectivity index (χ2n) is 24.5. The van der Waals surface area contributed by atoms with Crippen LogP contribution in [0.2, 0.25) is 0 Å². The highest BCUT2D eigenvalue weighted by molar-refractivity contribution is 6.21. The molecule has 0 radical (unpaired) electrons. The van der Waals surface area contributed by atoms with Crippen LogP contribution in [0.15, 0.2) is 346 Å². The summed E-state index contributed by atoms with van der Waals surface area (Å²) in [5.74, 6) is 0.881. The normalized spacial score (nSPS) is 11.8. The van der Waals surface area contributed by atoms with Gasteiger partial charge in [0.15, 0.2) is 0 Å². The highest BCUT2D eigenvalue weighted by Gasteiger charge is 2.22. The molecule has 95 heavy (non-hydrogen) atoms. The zero-order valence-corrected chi connectivity index (χ0v) is 51.5. The summed E-state index contributed by atoms with van der Waals surface area (Å²) in [4.78, 5) is 10.2. The summed E-state index contributed by atoms with van der Waals surface area (Å²) in [5.41, 5.74) is 22.8. The van der Waals surface area contributed by atoms with Crippen molar-refractivity contribution in [3.63, 3.8) is 0 Å². The third-order valence-corrected chi connectivity index (χ3v) is 19.2. The van der Waals surface area contributed by atoms with Crippen molar-refractivity contribution in [3.05, 3.63) is 346 Å². The van der Waals surface area contributed by atoms with Crippen molar-refractivity contribution in [2.75, 3.05) is 0 Å². The van der Waals surface area contributed by atoms with Crippen molar-refractivity contribution >= 4 is 109 Å². The van der Waals surface area contributed by atoms with Crippen molar-refractivity contribution in [1.29, 1.82) is 0 Å². The number of hydrogen-bond donors (Lipinski definition) is 0. The standard InChI is InChI=1S/C46H30N4.C42H27N3/c1-4-14-31(15-5-1)40-26-34(27-41(48-40)32-16-6-2-7-17-32)33-24-25-46(47-30-33)50-43-23-13-11-21-37(43)39-28-44-38(29-45(39)50)36-20-10-12-22-42(36)49(44)35-18-8-3-9-19-35;1-2-12-28(13-3-1)44-39-20-10-6-16-33(39)35-27-42-36(26-41(35)44)34-17-7-11-21-40(34)45(42)30-24-22-29(23-25-30)43-37-18-8-4-14-31(37)32-15-5-9-19-38(32)43/h1-30H;1-27H. The second kappa shape index (κ2) is 21.9. The van der Waals surface area contributed by atoms with E-state index in [2.05, 4.69) is 350 Å². The fraction of sp³-hybridized carbons (Fsp3) is 0. The minimum atomic E-state index is 0.881. The number of hydrogen-bond acceptors (Lipinski definition) is 2. The molecule has 20 aromatic rings. The SMILES string of the molecule is c1ccc(-c2cc(-c3ccc(-n4c5ccccc5c5cc6c(cc54)c4ccccc4n6-c4ccccc4)nc3)cc(-c3ccccc3)n2)cc1.c1ccc(-n2c3ccccc3c3cc4c(cc32)c2ccccc2n4-c2ccc(-n3c4ccccc4c4ccccc43)cc2)cc1. The van der Waals surface area contributed by atoms with Crippen LogP contribution >= 0.6 is 0 Å². The molecule has 0 N–H and O–H groups in total. The first-order chi connectivity index (χ1) is 47.1. The van der Waals surface area contributed by atoms with E-state index < -0.39 is 0 Å². The zero-order chi connectivity index (χ0) is 62.5. The highest BCUT2D eigenvalue weighted by Crippen LogP contribution is 2.43. The number of para-hydroxylation sites is 8. The summed E-state index contributed by atoms with van der Waals surface area (Å²) in [7, 11) is 0. The number of benzene rings is 13. The number of aromatic nitrogens is 7. The average Bonchev–Trinajstić information content (AvgIpc) is 1.58. The number of rotatable bonds is 8. The van der Waals surface area contributed by atoms with Gasteiger partial charge in [-0.2, -0.15) is 0 Å². The van der Waals surface area contributed by atoms with E-state index in [9.17, 15) is 0 Å². The van der Waals surface area contributed by atoms with Gasteiger partial charge in [-0.15, -0.1) is 0 Å². The molecule has 7 heteroatoms. The Morgan fingerprint density at radius 3 is 0.789 bits per heavy atom. The number of pyridine rings is 2. The average molecular weight is 1210 g/mol. The minimum absolute atomic E-state index is 0.881. The fourth-order valence-corrected chi connectivity index (χ4v) is 14.9. The largest absolute Gasteiger partial charge is 0.309 e. The molecule has 0 aliphatic rings. The first-order valence-corrected chi connectivity index (χ1v) is 32.4. The smallest absolute Gasteiger partial charge is 0.137 e. The lowest BCUT2D eigenvalue weighted by Gasteiger charge is -2.12. The van der Waals surface area contributed by atoms with Crippen LogP contribution in [0.5, 0.6) is 0 Å². The lowest BCUT2D eigenvalue weighted by Crippen LogP contribution is -1.98. The van der Waals surface area contributed by atoms with Crippen LogP contribution in [0.1, 0.15) is 0 Å². The van der Waals surface area contributed by atoms with Crippen LogP contribution in [0.4, 0.5) is 0 Å². The van der Waals surface area contributed by atoms with Gasteiger partial charge in [-0.1, -0.05) is 206 Å². The van der Waals surface area contributed by atoms with Crippen molar-refractivity contribution in [2.45, 2.75) is 0 Å². The molecule has 0 fully saturated rings. The molecule has 0 spiro atoms. The van der Waals surface area contributed by atoms with Crippen LogP contribution < -0.4 is 0 Å². The van der Waals surface area contributed by atoms with Gasteiger partial charge in [0.05, 0.1) is 66.6 Å².